The van der Waals surface area contributed by atoms with Crippen LogP contribution in [0.5, 0.6) is 11.5 Å². The van der Waals surface area contributed by atoms with Crippen LogP contribution < -0.4 is 31.3 Å². The number of carbonyl (C=O) groups excluding carboxylic acids is 7. The summed E-state index contributed by atoms with van der Waals surface area (Å²) in [7, 11) is 0. The lowest BCUT2D eigenvalue weighted by atomic mass is 9.96. The van der Waals surface area contributed by atoms with Gasteiger partial charge in [0.1, 0.15) is 71.9 Å². The van der Waals surface area contributed by atoms with E-state index in [2.05, 4.69) is 33.5 Å². The Balaban J connectivity index is 1.19. The molecule has 4 aromatic carbocycles. The predicted octanol–water partition coefficient (Wildman–Crippen LogP) is -0.788. The molecule has 3 saturated heterocycles. The Labute approximate surface area is 477 Å². The Morgan fingerprint density at radius 3 is 1.87 bits per heavy atom. The highest BCUT2D eigenvalue weighted by Crippen LogP contribution is 2.31. The SMILES string of the molecule is CCCCCOc1ccc(-c2ccc(-c3ccc(C(=O)N[C@H]4C[C@@H](O)[C@@H](O)NC(=O)[C@@H]5[C@@H](O)[C@@H](C)CN5C(=O)[C@H]([C@@H](C)O)NC(=O)[C@H]([C@H](O)[C@@H](O)c5ccc(O)cc5)NC(=O)[C@@H]5C[C@@H](O)CN5C(=O)[C@H]([C@@H](C)O)NC4=O)cc3F)cc2)cc1. The molecule has 3 heterocycles. The molecule has 83 heavy (non-hydrogen) atoms. The topological polar surface area (TPSA) is 377 Å². The summed E-state index contributed by atoms with van der Waals surface area (Å²) in [5, 5.41) is 111. The largest absolute Gasteiger partial charge is 0.508 e. The zero-order valence-corrected chi connectivity index (χ0v) is 46.0. The molecule has 0 aliphatic carbocycles. The first-order valence-corrected chi connectivity index (χ1v) is 27.4. The molecular formula is C58H72FN7O17. The number of nitrogens with one attached hydrogen (secondary N) is 5. The number of carbonyl (C=O) groups is 7. The quantitative estimate of drug-likeness (QED) is 0.0688. The van der Waals surface area contributed by atoms with Crippen LogP contribution in [0.15, 0.2) is 91.0 Å². The summed E-state index contributed by atoms with van der Waals surface area (Å²) in [6.07, 6.45) is -14.1. The first-order chi connectivity index (χ1) is 39.4. The van der Waals surface area contributed by atoms with Gasteiger partial charge < -0.3 is 87.1 Å². The van der Waals surface area contributed by atoms with Crippen molar-refractivity contribution in [3.63, 3.8) is 0 Å². The molecule has 7 rings (SSSR count). The number of aromatic hydroxyl groups is 1. The van der Waals surface area contributed by atoms with Gasteiger partial charge in [-0.05, 0) is 78.9 Å². The molecule has 3 aliphatic heterocycles. The molecule has 14 N–H and O–H groups in total. The molecule has 3 fully saturated rings. The number of amides is 7. The fourth-order valence-corrected chi connectivity index (χ4v) is 10.3. The third-order valence-corrected chi connectivity index (χ3v) is 15.1. The lowest BCUT2D eigenvalue weighted by molar-refractivity contribution is -0.148. The molecule has 0 aromatic heterocycles. The van der Waals surface area contributed by atoms with Crippen LogP contribution >= 0.6 is 0 Å². The van der Waals surface area contributed by atoms with Crippen LogP contribution in [0.3, 0.4) is 0 Å². The van der Waals surface area contributed by atoms with Gasteiger partial charge in [0.15, 0.2) is 6.23 Å². The minimum atomic E-state index is -2.35. The Kier molecular flexibility index (Phi) is 21.0. The lowest BCUT2D eigenvalue weighted by Gasteiger charge is -2.34. The van der Waals surface area contributed by atoms with E-state index in [1.165, 1.54) is 31.2 Å². The van der Waals surface area contributed by atoms with Crippen molar-refractivity contribution in [2.45, 2.75) is 145 Å². The number of phenolic OH excluding ortho intramolecular Hbond substituents is 1. The van der Waals surface area contributed by atoms with Crippen LogP contribution in [0, 0.1) is 11.7 Å². The van der Waals surface area contributed by atoms with E-state index in [1.807, 2.05) is 24.3 Å². The maximum absolute atomic E-state index is 16.0. The molecule has 0 radical (unpaired) electrons. The number of rotatable bonds is 14. The van der Waals surface area contributed by atoms with Crippen LogP contribution in [-0.4, -0.2) is 196 Å². The van der Waals surface area contributed by atoms with Crippen LogP contribution in [0.25, 0.3) is 22.3 Å². The summed E-state index contributed by atoms with van der Waals surface area (Å²) < 4.78 is 21.9. The van der Waals surface area contributed by atoms with E-state index < -0.39 is 164 Å². The zero-order chi connectivity index (χ0) is 60.6. The summed E-state index contributed by atoms with van der Waals surface area (Å²) in [5.74, 6) is -10.1. The van der Waals surface area contributed by atoms with Gasteiger partial charge in [-0.15, -0.1) is 0 Å². The number of hydrogen-bond donors (Lipinski definition) is 14. The van der Waals surface area contributed by atoms with E-state index >= 15 is 4.39 Å². The molecule has 4 aromatic rings. The summed E-state index contributed by atoms with van der Waals surface area (Å²) in [4.78, 5) is 102. The summed E-state index contributed by atoms with van der Waals surface area (Å²) in [5.41, 5.74) is 1.81. The number of ether oxygens (including phenoxy) is 1. The first kappa shape index (κ1) is 63.0. The van der Waals surface area contributed by atoms with E-state index in [-0.39, 0.29) is 22.4 Å². The third kappa shape index (κ3) is 15.0. The molecule has 7 amide bonds. The van der Waals surface area contributed by atoms with Gasteiger partial charge in [0, 0.05) is 43.0 Å². The number of unbranched alkanes of at least 4 members (excludes halogenated alkanes) is 2. The number of fused-ring (bicyclic) bond motifs is 2. The average molecular weight is 1160 g/mol. The standard InChI is InChI=1S/C58H72FN7O17/c1-5-6-7-22-83-38-19-14-32(15-20-38)31-8-10-33(11-9-31)39-21-16-35(23-40(39)59)51(75)60-41-25-43(71)54(78)64-56(80)47-48(72)28(2)26-66(47)58(82)45(30(4)68)62-55(79)46(50(74)49(73)34-12-17-36(69)18-13-34)63-53(77)42-24-37(70)27-65(42)57(81)44(29(3)67)61-52(41)76/h8-21,23,28-30,37,41-50,54,67-74,78H,5-7,22,24-27H2,1-4H3,(H,60,75)(H,61,76)(H,62,79)(H,63,77)(H,64,80)/t28-,29+,30+,37+,41-,42-,43+,44-,45-,46-,47-,48-,49-,50-,54+/m0/s1. The normalized spacial score (nSPS) is 27.4. The van der Waals surface area contributed by atoms with Gasteiger partial charge in [-0.25, -0.2) is 4.39 Å². The molecule has 0 saturated carbocycles. The van der Waals surface area contributed by atoms with Crippen molar-refractivity contribution in [1.29, 1.82) is 0 Å². The monoisotopic (exact) mass is 1160 g/mol. The van der Waals surface area contributed by atoms with Gasteiger partial charge in [0.05, 0.1) is 31.0 Å². The van der Waals surface area contributed by atoms with E-state index in [9.17, 15) is 79.5 Å². The molecule has 0 spiro atoms. The van der Waals surface area contributed by atoms with Crippen molar-refractivity contribution in [2.24, 2.45) is 5.92 Å². The highest BCUT2D eigenvalue weighted by atomic mass is 19.1. The van der Waals surface area contributed by atoms with E-state index in [1.54, 1.807) is 24.3 Å². The van der Waals surface area contributed by atoms with Crippen LogP contribution in [0.4, 0.5) is 4.39 Å². The first-order valence-electron chi connectivity index (χ1n) is 27.4. The van der Waals surface area contributed by atoms with Crippen molar-refractivity contribution in [2.75, 3.05) is 19.7 Å². The van der Waals surface area contributed by atoms with Crippen molar-refractivity contribution >= 4 is 41.4 Å². The van der Waals surface area contributed by atoms with Gasteiger partial charge in [-0.3, -0.25) is 33.6 Å². The van der Waals surface area contributed by atoms with Crippen molar-refractivity contribution in [1.82, 2.24) is 36.4 Å². The van der Waals surface area contributed by atoms with Crippen molar-refractivity contribution in [3.05, 3.63) is 108 Å². The van der Waals surface area contributed by atoms with Crippen LogP contribution in [0.1, 0.15) is 81.8 Å². The summed E-state index contributed by atoms with van der Waals surface area (Å²) in [6, 6.07) is 10.6. The van der Waals surface area contributed by atoms with Gasteiger partial charge in [-0.1, -0.05) is 81.3 Å². The molecule has 3 aliphatic rings. The average Bonchev–Trinajstić information content (AvgIpc) is 3.89. The summed E-state index contributed by atoms with van der Waals surface area (Å²) in [6.45, 7) is 5.27. The van der Waals surface area contributed by atoms with Gasteiger partial charge >= 0.3 is 0 Å². The molecule has 15 atom stereocenters. The molecule has 448 valence electrons. The van der Waals surface area contributed by atoms with Crippen LogP contribution in [0.2, 0.25) is 0 Å². The number of aliphatic hydroxyl groups excluding tert-OH is 8. The second kappa shape index (κ2) is 27.6. The number of nitrogens with zero attached hydrogens (tertiary/aromatic N) is 2. The minimum absolute atomic E-state index is 0.0910. The molecule has 25 heteroatoms. The van der Waals surface area contributed by atoms with E-state index in [4.69, 9.17) is 4.74 Å². The Hall–Kier alpha value is -7.62. The third-order valence-electron chi connectivity index (χ3n) is 15.1. The molecule has 0 bridgehead atoms. The second-order valence-electron chi connectivity index (χ2n) is 21.4. The fraction of sp³-hybridized carbons (Fsp3) is 0.466. The minimum Gasteiger partial charge on any atom is -0.508 e. The van der Waals surface area contributed by atoms with Gasteiger partial charge in [-0.2, -0.15) is 0 Å². The molecule has 0 unspecified atom stereocenters. The summed E-state index contributed by atoms with van der Waals surface area (Å²) >= 11 is 0. The second-order valence-corrected chi connectivity index (χ2v) is 21.4. The van der Waals surface area contributed by atoms with Gasteiger partial charge in [0.25, 0.3) is 5.91 Å². The number of aliphatic hydroxyl groups is 8. The number of phenols is 1. The Morgan fingerprint density at radius 1 is 0.687 bits per heavy atom. The number of benzene rings is 4. The number of hydrogen-bond acceptors (Lipinski definition) is 17. The van der Waals surface area contributed by atoms with Crippen molar-refractivity contribution < 1.29 is 88.6 Å². The van der Waals surface area contributed by atoms with E-state index in [0.29, 0.717) is 12.2 Å². The van der Waals surface area contributed by atoms with Crippen LogP contribution in [-0.2, 0) is 28.8 Å². The highest BCUT2D eigenvalue weighted by Gasteiger charge is 2.50. The lowest BCUT2D eigenvalue weighted by Crippen LogP contribution is -2.64. The van der Waals surface area contributed by atoms with E-state index in [0.717, 1.165) is 78.0 Å². The maximum Gasteiger partial charge on any atom is 0.252 e. The highest BCUT2D eigenvalue weighted by molar-refractivity contribution is 6.00. The maximum atomic E-state index is 16.0. The number of halogens is 1. The Bertz CT molecular complexity index is 2950. The molecule has 24 nitrogen and oxygen atoms in total. The zero-order valence-electron chi connectivity index (χ0n) is 46.0. The molecular weight excluding hydrogens is 1090 g/mol. The fourth-order valence-electron chi connectivity index (χ4n) is 10.3. The predicted molar refractivity (Wildman–Crippen MR) is 293 cm³/mol. The van der Waals surface area contributed by atoms with Crippen molar-refractivity contribution in [3.8, 4) is 33.8 Å². The van der Waals surface area contributed by atoms with Gasteiger partial charge in [0.2, 0.25) is 35.4 Å². The smallest absolute Gasteiger partial charge is 0.252 e. The Morgan fingerprint density at radius 2 is 1.27 bits per heavy atom.